The van der Waals surface area contributed by atoms with E-state index < -0.39 is 0 Å². The highest BCUT2D eigenvalue weighted by atomic mass is 32.1. The first-order valence-electron chi connectivity index (χ1n) is 4.39. The van der Waals surface area contributed by atoms with Crippen molar-refractivity contribution in [1.29, 1.82) is 0 Å². The maximum atomic E-state index is 11.6. The summed E-state index contributed by atoms with van der Waals surface area (Å²) in [6.07, 6.45) is 5.01. The Morgan fingerprint density at radius 2 is 2.27 bits per heavy atom. The molecule has 2 rings (SSSR count). The highest BCUT2D eigenvalue weighted by Gasteiger charge is 2.29. The van der Waals surface area contributed by atoms with E-state index in [-0.39, 0.29) is 11.9 Å². The lowest BCUT2D eigenvalue weighted by Gasteiger charge is -2.19. The molecule has 2 heterocycles. The number of rotatable bonds is 1. The van der Waals surface area contributed by atoms with Crippen LogP contribution in [-0.4, -0.2) is 26.6 Å². The molecule has 0 bridgehead atoms. The van der Waals surface area contributed by atoms with Gasteiger partial charge in [0.2, 0.25) is 0 Å². The summed E-state index contributed by atoms with van der Waals surface area (Å²) in [5.41, 5.74) is 0. The highest BCUT2D eigenvalue weighted by molar-refractivity contribution is 8.00. The monoisotopic (exact) mass is 223 g/mol. The molecule has 0 saturated heterocycles. The van der Waals surface area contributed by atoms with Gasteiger partial charge in [-0.05, 0) is 19.1 Å². The fourth-order valence-corrected chi connectivity index (χ4v) is 2.25. The Labute approximate surface area is 90.4 Å². The molecule has 78 valence electrons. The zero-order valence-corrected chi connectivity index (χ0v) is 9.13. The number of carbonyl (C=O) groups is 2. The number of hydrogen-bond acceptors (Lipinski definition) is 3. The number of fused-ring (bicyclic) bond motifs is 1. The van der Waals surface area contributed by atoms with E-state index in [1.54, 1.807) is 25.3 Å². The van der Waals surface area contributed by atoms with Crippen molar-refractivity contribution in [3.05, 3.63) is 24.1 Å². The van der Waals surface area contributed by atoms with Crippen LogP contribution in [0.5, 0.6) is 0 Å². The van der Waals surface area contributed by atoms with Gasteiger partial charge in [-0.25, -0.2) is 0 Å². The van der Waals surface area contributed by atoms with Crippen LogP contribution in [-0.2, 0) is 14.3 Å². The van der Waals surface area contributed by atoms with E-state index in [9.17, 15) is 9.59 Å². The molecule has 0 atom stereocenters. The molecule has 0 unspecified atom stereocenters. The average molecular weight is 223 g/mol. The Morgan fingerprint density at radius 3 is 2.93 bits per heavy atom. The lowest BCUT2D eigenvalue weighted by molar-refractivity contribution is -0.136. The predicted molar refractivity (Wildman–Crippen MR) is 59.1 cm³/mol. The third-order valence-electron chi connectivity index (χ3n) is 1.94. The van der Waals surface area contributed by atoms with E-state index in [1.807, 2.05) is 0 Å². The molecule has 0 aliphatic carbocycles. The van der Waals surface area contributed by atoms with Crippen LogP contribution in [0.4, 0.5) is 0 Å². The molecule has 0 radical (unpaired) electrons. The first kappa shape index (κ1) is 9.92. The lowest BCUT2D eigenvalue weighted by Crippen LogP contribution is -2.33. The molecule has 0 spiro atoms. The first-order valence-corrected chi connectivity index (χ1v) is 5.20. The minimum atomic E-state index is -0.387. The molecule has 0 saturated carbocycles. The maximum Gasteiger partial charge on any atom is 0.308 e. The van der Waals surface area contributed by atoms with Gasteiger partial charge in [0.15, 0.2) is 5.76 Å². The van der Waals surface area contributed by atoms with Crippen molar-refractivity contribution in [3.63, 3.8) is 0 Å². The van der Waals surface area contributed by atoms with Gasteiger partial charge in [0.05, 0.1) is 4.86 Å². The van der Waals surface area contributed by atoms with Crippen molar-refractivity contribution >= 4 is 32.7 Å². The molecule has 2 aliphatic rings. The van der Waals surface area contributed by atoms with Crippen LogP contribution >= 0.6 is 10.9 Å². The second kappa shape index (κ2) is 3.51. The average Bonchev–Trinajstić information content (AvgIpc) is 2.45. The smallest absolute Gasteiger partial charge is 0.308 e. The number of allylic oxidation sites excluding steroid dienone is 2. The summed E-state index contributed by atoms with van der Waals surface area (Å²) in [6, 6.07) is 0. The standard InChI is InChI=1S/C10H9NO3S/c1-6-9(13)11-5-3-4-8(10(11)15-6)14-7(2)12/h3-5H,1-2H3. The van der Waals surface area contributed by atoms with Crippen LogP contribution in [0.2, 0.25) is 0 Å². The van der Waals surface area contributed by atoms with Crippen LogP contribution in [0, 0.1) is 0 Å². The van der Waals surface area contributed by atoms with Crippen molar-refractivity contribution < 1.29 is 14.3 Å². The van der Waals surface area contributed by atoms with Gasteiger partial charge in [-0.15, -0.1) is 10.9 Å². The highest BCUT2D eigenvalue weighted by Crippen LogP contribution is 2.19. The third kappa shape index (κ3) is 1.66. The molecular weight excluding hydrogens is 214 g/mol. The lowest BCUT2D eigenvalue weighted by atomic mass is 10.3. The topological polar surface area (TPSA) is 46.6 Å². The summed E-state index contributed by atoms with van der Waals surface area (Å²) in [7, 11) is 1.32. The fraction of sp³-hybridized carbons (Fsp3) is 0.200. The van der Waals surface area contributed by atoms with E-state index in [2.05, 4.69) is 0 Å². The molecule has 0 fully saturated rings. The normalized spacial score (nSPS) is 18.7. The predicted octanol–water partition coefficient (Wildman–Crippen LogP) is 0.858. The third-order valence-corrected chi connectivity index (χ3v) is 3.01. The van der Waals surface area contributed by atoms with E-state index in [1.165, 1.54) is 22.8 Å². The zero-order chi connectivity index (χ0) is 11.0. The number of nitrogens with zero attached hydrogens (tertiary/aromatic N) is 1. The second-order valence-corrected chi connectivity index (χ2v) is 4.31. The van der Waals surface area contributed by atoms with Gasteiger partial charge in [0.25, 0.3) is 5.91 Å². The minimum absolute atomic E-state index is 0.0657. The van der Waals surface area contributed by atoms with Crippen molar-refractivity contribution in [2.24, 2.45) is 0 Å². The van der Waals surface area contributed by atoms with Gasteiger partial charge in [0, 0.05) is 13.1 Å². The van der Waals surface area contributed by atoms with Gasteiger partial charge in [-0.2, -0.15) is 0 Å². The van der Waals surface area contributed by atoms with Crippen LogP contribution < -0.4 is 0 Å². The summed E-state index contributed by atoms with van der Waals surface area (Å²) in [6.45, 7) is 3.08. The van der Waals surface area contributed by atoms with Crippen molar-refractivity contribution in [2.45, 2.75) is 13.8 Å². The van der Waals surface area contributed by atoms with Gasteiger partial charge in [-0.1, -0.05) is 0 Å². The molecule has 1 amide bonds. The van der Waals surface area contributed by atoms with Crippen LogP contribution in [0.1, 0.15) is 13.8 Å². The Balaban J connectivity index is 2.39. The Hall–Kier alpha value is -1.62. The number of esters is 1. The summed E-state index contributed by atoms with van der Waals surface area (Å²) in [5.74, 6) is -0.0224. The molecule has 0 aromatic heterocycles. The largest absolute Gasteiger partial charge is 0.424 e. The molecule has 2 aliphatic heterocycles. The first-order chi connectivity index (χ1) is 7.09. The maximum absolute atomic E-state index is 11.6. The van der Waals surface area contributed by atoms with E-state index in [0.717, 1.165) is 0 Å². The molecule has 5 heteroatoms. The van der Waals surface area contributed by atoms with E-state index in [0.29, 0.717) is 15.6 Å². The minimum Gasteiger partial charge on any atom is -0.424 e. The van der Waals surface area contributed by atoms with Crippen molar-refractivity contribution in [1.82, 2.24) is 4.90 Å². The molecule has 0 aromatic rings. The van der Waals surface area contributed by atoms with Crippen LogP contribution in [0.25, 0.3) is 0 Å². The Kier molecular flexibility index (Phi) is 2.32. The Morgan fingerprint density at radius 1 is 1.53 bits per heavy atom. The molecule has 4 nitrogen and oxygen atoms in total. The van der Waals surface area contributed by atoms with Gasteiger partial charge in [-0.3, -0.25) is 14.5 Å². The summed E-state index contributed by atoms with van der Waals surface area (Å²) < 4.78 is 5.01. The van der Waals surface area contributed by atoms with Gasteiger partial charge in [0.1, 0.15) is 4.99 Å². The quantitative estimate of drug-likeness (QED) is 0.489. The SMILES string of the molecule is CC(=O)OC1=CC=CN2C(=O)C(C)=S=C12. The van der Waals surface area contributed by atoms with E-state index in [4.69, 9.17) is 4.74 Å². The second-order valence-electron chi connectivity index (χ2n) is 3.10. The number of hydrogen-bond donors (Lipinski definition) is 0. The molecule has 0 aromatic carbocycles. The summed E-state index contributed by atoms with van der Waals surface area (Å²) >= 11 is 0. The fourth-order valence-electron chi connectivity index (χ4n) is 1.32. The number of amides is 1. The zero-order valence-electron chi connectivity index (χ0n) is 8.31. The number of ether oxygens (including phenoxy) is 1. The van der Waals surface area contributed by atoms with Crippen LogP contribution in [0.15, 0.2) is 24.1 Å². The van der Waals surface area contributed by atoms with Crippen molar-refractivity contribution in [3.8, 4) is 0 Å². The van der Waals surface area contributed by atoms with Gasteiger partial charge < -0.3 is 4.74 Å². The Bertz CT molecular complexity index is 481. The van der Waals surface area contributed by atoms with Crippen molar-refractivity contribution in [2.75, 3.05) is 0 Å². The molecule has 0 N–H and O–H groups in total. The number of carbonyl (C=O) groups excluding carboxylic acids is 2. The summed E-state index contributed by atoms with van der Waals surface area (Å²) in [5, 5.41) is 0. The van der Waals surface area contributed by atoms with Gasteiger partial charge >= 0.3 is 5.97 Å². The molecular formula is C10H9NO3S. The van der Waals surface area contributed by atoms with Crippen LogP contribution in [0.3, 0.4) is 0 Å². The van der Waals surface area contributed by atoms with E-state index >= 15 is 0 Å². The summed E-state index contributed by atoms with van der Waals surface area (Å²) in [4.78, 5) is 25.3. The molecule has 15 heavy (non-hydrogen) atoms.